The Morgan fingerprint density at radius 2 is 1.92 bits per heavy atom. The summed E-state index contributed by atoms with van der Waals surface area (Å²) in [5, 5.41) is 1.84. The number of ether oxygens (including phenoxy) is 1. The molecule has 1 atom stereocenters. The molecule has 1 amide bonds. The molecule has 0 aromatic heterocycles. The molecule has 0 unspecified atom stereocenters. The first-order chi connectivity index (χ1) is 11.3. The zero-order chi connectivity index (χ0) is 17.7. The Balaban J connectivity index is 2.14. The molecule has 1 N–H and O–H groups in total. The Bertz CT molecular complexity index is 836. The van der Waals surface area contributed by atoms with E-state index in [1.54, 1.807) is 48.5 Å². The van der Waals surface area contributed by atoms with Crippen LogP contribution >= 0.6 is 11.6 Å². The molecule has 0 radical (unpaired) electrons. The number of para-hydroxylation sites is 2. The van der Waals surface area contributed by atoms with Crippen molar-refractivity contribution in [3.05, 3.63) is 59.1 Å². The maximum atomic E-state index is 12.5. The second-order valence-electron chi connectivity index (χ2n) is 5.27. The van der Waals surface area contributed by atoms with Gasteiger partial charge >= 0.3 is 0 Å². The van der Waals surface area contributed by atoms with Crippen LogP contribution in [0.3, 0.4) is 0 Å². The van der Waals surface area contributed by atoms with Crippen LogP contribution in [0.5, 0.6) is 5.75 Å². The van der Waals surface area contributed by atoms with Gasteiger partial charge < -0.3 is 10.1 Å². The lowest BCUT2D eigenvalue weighted by molar-refractivity contribution is -0.115. The minimum Gasteiger partial charge on any atom is -0.495 e. The van der Waals surface area contributed by atoms with Crippen molar-refractivity contribution in [3.63, 3.8) is 0 Å². The van der Waals surface area contributed by atoms with Gasteiger partial charge in [-0.25, -0.2) is 8.42 Å². The normalized spacial score (nSPS) is 12.5. The standard InChI is InChI=1S/C17H18ClNO4S/c1-12(17(20)19-15-8-3-4-9-16(15)23-2)24(21,22)11-13-6-5-7-14(18)10-13/h3-10,12H,11H2,1-2H3,(H,19,20)/t12-/m0/s1. The van der Waals surface area contributed by atoms with E-state index in [0.717, 1.165) is 0 Å². The highest BCUT2D eigenvalue weighted by Gasteiger charge is 2.28. The van der Waals surface area contributed by atoms with Gasteiger partial charge in [0.25, 0.3) is 0 Å². The number of carbonyl (C=O) groups excluding carboxylic acids is 1. The van der Waals surface area contributed by atoms with E-state index >= 15 is 0 Å². The number of anilines is 1. The van der Waals surface area contributed by atoms with Crippen molar-refractivity contribution in [3.8, 4) is 5.75 Å². The zero-order valence-corrected chi connectivity index (χ0v) is 14.9. The van der Waals surface area contributed by atoms with Crippen LogP contribution in [-0.4, -0.2) is 26.7 Å². The first-order valence-electron chi connectivity index (χ1n) is 7.23. The van der Waals surface area contributed by atoms with Gasteiger partial charge in [-0.05, 0) is 36.8 Å². The quantitative estimate of drug-likeness (QED) is 0.850. The van der Waals surface area contributed by atoms with Crippen molar-refractivity contribution in [2.45, 2.75) is 17.9 Å². The lowest BCUT2D eigenvalue weighted by Crippen LogP contribution is -2.33. The van der Waals surface area contributed by atoms with E-state index in [9.17, 15) is 13.2 Å². The summed E-state index contributed by atoms with van der Waals surface area (Å²) in [4.78, 5) is 12.3. The summed E-state index contributed by atoms with van der Waals surface area (Å²) in [6, 6.07) is 13.4. The van der Waals surface area contributed by atoms with Gasteiger partial charge in [0.05, 0.1) is 18.6 Å². The number of sulfone groups is 1. The molecular formula is C17H18ClNO4S. The number of rotatable bonds is 6. The second-order valence-corrected chi connectivity index (χ2v) is 8.03. The van der Waals surface area contributed by atoms with Gasteiger partial charge in [0.2, 0.25) is 5.91 Å². The molecule has 5 nitrogen and oxygen atoms in total. The topological polar surface area (TPSA) is 72.5 Å². The minimum atomic E-state index is -3.68. The predicted octanol–water partition coefficient (Wildman–Crippen LogP) is 3.29. The van der Waals surface area contributed by atoms with E-state index in [2.05, 4.69) is 5.32 Å². The van der Waals surface area contributed by atoms with Gasteiger partial charge in [0, 0.05) is 5.02 Å². The molecule has 24 heavy (non-hydrogen) atoms. The molecule has 128 valence electrons. The van der Waals surface area contributed by atoms with Crippen LogP contribution in [0, 0.1) is 0 Å². The molecule has 0 saturated carbocycles. The first kappa shape index (κ1) is 18.3. The maximum Gasteiger partial charge on any atom is 0.242 e. The smallest absolute Gasteiger partial charge is 0.242 e. The van der Waals surface area contributed by atoms with Gasteiger partial charge in [0.1, 0.15) is 11.0 Å². The lowest BCUT2D eigenvalue weighted by Gasteiger charge is -2.15. The number of benzene rings is 2. The average molecular weight is 368 g/mol. The Hall–Kier alpha value is -2.05. The van der Waals surface area contributed by atoms with E-state index in [1.165, 1.54) is 14.0 Å². The second kappa shape index (κ2) is 7.68. The molecule has 7 heteroatoms. The molecule has 0 heterocycles. The fourth-order valence-corrected chi connectivity index (χ4v) is 3.62. The van der Waals surface area contributed by atoms with Gasteiger partial charge in [0.15, 0.2) is 9.84 Å². The van der Waals surface area contributed by atoms with Crippen molar-refractivity contribution in [2.24, 2.45) is 0 Å². The predicted molar refractivity (Wildman–Crippen MR) is 95.2 cm³/mol. The van der Waals surface area contributed by atoms with Crippen molar-refractivity contribution >= 4 is 33.0 Å². The van der Waals surface area contributed by atoms with E-state index < -0.39 is 21.0 Å². The Morgan fingerprint density at radius 3 is 2.58 bits per heavy atom. The fraction of sp³-hybridized carbons (Fsp3) is 0.235. The van der Waals surface area contributed by atoms with Crippen LogP contribution in [0.25, 0.3) is 0 Å². The van der Waals surface area contributed by atoms with Crippen LogP contribution in [0.4, 0.5) is 5.69 Å². The van der Waals surface area contributed by atoms with Crippen molar-refractivity contribution < 1.29 is 17.9 Å². The molecule has 0 fully saturated rings. The fourth-order valence-electron chi connectivity index (χ4n) is 2.13. The van der Waals surface area contributed by atoms with Gasteiger partial charge in [-0.15, -0.1) is 0 Å². The highest BCUT2D eigenvalue weighted by atomic mass is 35.5. The van der Waals surface area contributed by atoms with E-state index in [1.807, 2.05) is 0 Å². The lowest BCUT2D eigenvalue weighted by atomic mass is 10.2. The van der Waals surface area contributed by atoms with Crippen LogP contribution in [-0.2, 0) is 20.4 Å². The third-order valence-corrected chi connectivity index (χ3v) is 5.79. The molecule has 0 aliphatic carbocycles. The summed E-state index contributed by atoms with van der Waals surface area (Å²) >= 11 is 5.87. The van der Waals surface area contributed by atoms with Gasteiger partial charge in [-0.2, -0.15) is 0 Å². The van der Waals surface area contributed by atoms with Crippen molar-refractivity contribution in [2.75, 3.05) is 12.4 Å². The summed E-state index contributed by atoms with van der Waals surface area (Å²) < 4.78 is 30.1. The van der Waals surface area contributed by atoms with Crippen molar-refractivity contribution in [1.29, 1.82) is 0 Å². The maximum absolute atomic E-state index is 12.5. The van der Waals surface area contributed by atoms with Crippen LogP contribution < -0.4 is 10.1 Å². The molecular weight excluding hydrogens is 350 g/mol. The summed E-state index contributed by atoms with van der Waals surface area (Å²) in [7, 11) is -2.20. The Labute approximate surface area is 146 Å². The molecule has 2 aromatic carbocycles. The SMILES string of the molecule is COc1ccccc1NC(=O)[C@H](C)S(=O)(=O)Cc1cccc(Cl)c1. The number of carbonyl (C=O) groups is 1. The monoisotopic (exact) mass is 367 g/mol. The number of amides is 1. The van der Waals surface area contributed by atoms with Crippen LogP contribution in [0.1, 0.15) is 12.5 Å². The molecule has 0 saturated heterocycles. The zero-order valence-electron chi connectivity index (χ0n) is 13.3. The van der Waals surface area contributed by atoms with E-state index in [4.69, 9.17) is 16.3 Å². The molecule has 2 aromatic rings. The third-order valence-electron chi connectivity index (χ3n) is 3.53. The molecule has 0 spiro atoms. The first-order valence-corrected chi connectivity index (χ1v) is 9.32. The highest BCUT2D eigenvalue weighted by Crippen LogP contribution is 2.24. The van der Waals surface area contributed by atoms with Crippen LogP contribution in [0.2, 0.25) is 5.02 Å². The summed E-state index contributed by atoms with van der Waals surface area (Å²) in [5.74, 6) is -0.402. The summed E-state index contributed by atoms with van der Waals surface area (Å²) in [6.07, 6.45) is 0. The number of hydrogen-bond donors (Lipinski definition) is 1. The molecule has 0 aliphatic rings. The average Bonchev–Trinajstić information content (AvgIpc) is 2.54. The largest absolute Gasteiger partial charge is 0.495 e. The molecule has 2 rings (SSSR count). The molecule has 0 bridgehead atoms. The van der Waals surface area contributed by atoms with E-state index in [-0.39, 0.29) is 5.75 Å². The third kappa shape index (κ3) is 4.49. The Morgan fingerprint density at radius 1 is 1.21 bits per heavy atom. The number of halogens is 1. The highest BCUT2D eigenvalue weighted by molar-refractivity contribution is 7.92. The van der Waals surface area contributed by atoms with Crippen molar-refractivity contribution in [1.82, 2.24) is 0 Å². The summed E-state index contributed by atoms with van der Waals surface area (Å²) in [5.41, 5.74) is 0.967. The summed E-state index contributed by atoms with van der Waals surface area (Å²) in [6.45, 7) is 1.37. The van der Waals surface area contributed by atoms with Gasteiger partial charge in [-0.1, -0.05) is 35.9 Å². The van der Waals surface area contributed by atoms with Gasteiger partial charge in [-0.3, -0.25) is 4.79 Å². The Kier molecular flexibility index (Phi) is 5.85. The number of hydrogen-bond acceptors (Lipinski definition) is 4. The number of nitrogens with one attached hydrogen (secondary N) is 1. The van der Waals surface area contributed by atoms with E-state index in [0.29, 0.717) is 22.0 Å². The molecule has 0 aliphatic heterocycles. The minimum absolute atomic E-state index is 0.256. The number of methoxy groups -OCH3 is 1. The van der Waals surface area contributed by atoms with Crippen LogP contribution in [0.15, 0.2) is 48.5 Å².